The van der Waals surface area contributed by atoms with Crippen molar-refractivity contribution in [1.82, 2.24) is 10.6 Å². The van der Waals surface area contributed by atoms with Crippen molar-refractivity contribution >= 4 is 17.7 Å². The maximum Gasteiger partial charge on any atom is 0.191 e. The van der Waals surface area contributed by atoms with Gasteiger partial charge >= 0.3 is 0 Å². The second-order valence-corrected chi connectivity index (χ2v) is 5.59. The molecule has 6 heteroatoms. The van der Waals surface area contributed by atoms with E-state index in [4.69, 9.17) is 4.74 Å². The van der Waals surface area contributed by atoms with E-state index in [2.05, 4.69) is 21.9 Å². The van der Waals surface area contributed by atoms with E-state index in [0.29, 0.717) is 0 Å². The smallest absolute Gasteiger partial charge is 0.191 e. The Kier molecular flexibility index (Phi) is 7.97. The van der Waals surface area contributed by atoms with Gasteiger partial charge < -0.3 is 15.4 Å². The Labute approximate surface area is 130 Å². The summed E-state index contributed by atoms with van der Waals surface area (Å²) in [6, 6.07) is 4.92. The Hall–Kier alpha value is -1.43. The summed E-state index contributed by atoms with van der Waals surface area (Å²) in [7, 11) is 3.19. The van der Waals surface area contributed by atoms with Crippen molar-refractivity contribution < 1.29 is 9.13 Å². The van der Waals surface area contributed by atoms with E-state index in [0.717, 1.165) is 30.2 Å². The first-order valence-electron chi connectivity index (χ1n) is 6.92. The average Bonchev–Trinajstić information content (AvgIpc) is 2.50. The molecule has 2 N–H and O–H groups in total. The van der Waals surface area contributed by atoms with E-state index in [1.54, 1.807) is 13.1 Å². The van der Waals surface area contributed by atoms with Crippen LogP contribution in [0.1, 0.15) is 24.9 Å². The molecule has 1 rings (SSSR count). The minimum absolute atomic E-state index is 0.0443. The number of benzene rings is 1. The summed E-state index contributed by atoms with van der Waals surface area (Å²) < 4.78 is 18.6. The number of aliphatic imine (C=N–C) groups is 1. The molecule has 0 saturated heterocycles. The number of nitrogens with zero attached hydrogens (tertiary/aromatic N) is 1. The van der Waals surface area contributed by atoms with Crippen LogP contribution in [-0.2, 0) is 0 Å². The van der Waals surface area contributed by atoms with Crippen LogP contribution in [-0.4, -0.2) is 38.7 Å². The van der Waals surface area contributed by atoms with Crippen molar-refractivity contribution in [1.29, 1.82) is 0 Å². The summed E-state index contributed by atoms with van der Waals surface area (Å²) in [6.07, 6.45) is 3.17. The third-order valence-electron chi connectivity index (χ3n) is 3.07. The fraction of sp³-hybridized carbons (Fsp3) is 0.533. The highest BCUT2D eigenvalue weighted by Crippen LogP contribution is 2.21. The van der Waals surface area contributed by atoms with Crippen molar-refractivity contribution in [3.63, 3.8) is 0 Å². The molecule has 0 heterocycles. The normalized spacial score (nSPS) is 12.9. The maximum atomic E-state index is 13.7. The van der Waals surface area contributed by atoms with Gasteiger partial charge in [-0.3, -0.25) is 4.99 Å². The number of guanidine groups is 1. The van der Waals surface area contributed by atoms with Crippen LogP contribution in [0.5, 0.6) is 5.75 Å². The lowest BCUT2D eigenvalue weighted by Gasteiger charge is -2.18. The Balaban J connectivity index is 2.57. The zero-order chi connectivity index (χ0) is 15.7. The zero-order valence-electron chi connectivity index (χ0n) is 13.1. The predicted molar refractivity (Wildman–Crippen MR) is 88.9 cm³/mol. The lowest BCUT2D eigenvalue weighted by atomic mass is 10.1. The standard InChI is InChI=1S/C15H24FN3OS/c1-11(12-6-7-14(20-3)13(16)10-12)19-15(17-2)18-8-5-9-21-4/h6-7,10-11H,5,8-9H2,1-4H3,(H2,17,18,19). The number of ether oxygens (including phenoxy) is 1. The molecule has 0 aliphatic carbocycles. The first-order valence-corrected chi connectivity index (χ1v) is 8.31. The van der Waals surface area contributed by atoms with Gasteiger partial charge in [-0.25, -0.2) is 4.39 Å². The van der Waals surface area contributed by atoms with Crippen LogP contribution in [0, 0.1) is 5.82 Å². The second kappa shape index (κ2) is 9.50. The van der Waals surface area contributed by atoms with Crippen molar-refractivity contribution in [2.45, 2.75) is 19.4 Å². The largest absolute Gasteiger partial charge is 0.494 e. The van der Waals surface area contributed by atoms with Crippen LogP contribution in [0.15, 0.2) is 23.2 Å². The van der Waals surface area contributed by atoms with Crippen molar-refractivity contribution in [3.05, 3.63) is 29.6 Å². The number of rotatable bonds is 7. The van der Waals surface area contributed by atoms with Gasteiger partial charge in [0.1, 0.15) is 0 Å². The molecular formula is C15H24FN3OS. The number of hydrogen-bond donors (Lipinski definition) is 2. The topological polar surface area (TPSA) is 45.7 Å². The Morgan fingerprint density at radius 2 is 2.24 bits per heavy atom. The van der Waals surface area contributed by atoms with Gasteiger partial charge in [0.2, 0.25) is 0 Å². The molecule has 1 aromatic carbocycles. The molecule has 0 aromatic heterocycles. The maximum absolute atomic E-state index is 13.7. The summed E-state index contributed by atoms with van der Waals surface area (Å²) in [5, 5.41) is 6.50. The minimum atomic E-state index is -0.355. The molecule has 0 fully saturated rings. The fourth-order valence-electron chi connectivity index (χ4n) is 1.86. The summed E-state index contributed by atoms with van der Waals surface area (Å²) in [4.78, 5) is 4.18. The van der Waals surface area contributed by atoms with Gasteiger partial charge in [0, 0.05) is 13.6 Å². The van der Waals surface area contributed by atoms with E-state index < -0.39 is 0 Å². The predicted octanol–water partition coefficient (Wildman–Crippen LogP) is 2.81. The Morgan fingerprint density at radius 1 is 1.48 bits per heavy atom. The van der Waals surface area contributed by atoms with Crippen LogP contribution < -0.4 is 15.4 Å². The van der Waals surface area contributed by atoms with Gasteiger partial charge in [-0.1, -0.05) is 6.07 Å². The van der Waals surface area contributed by atoms with Crippen molar-refractivity contribution in [3.8, 4) is 5.75 Å². The molecule has 0 radical (unpaired) electrons. The molecule has 4 nitrogen and oxygen atoms in total. The Morgan fingerprint density at radius 3 is 2.81 bits per heavy atom. The van der Waals surface area contributed by atoms with Gasteiger partial charge in [-0.05, 0) is 43.0 Å². The SMILES string of the molecule is CN=C(NCCCSC)NC(C)c1ccc(OC)c(F)c1. The van der Waals surface area contributed by atoms with Crippen LogP contribution in [0.2, 0.25) is 0 Å². The molecule has 0 spiro atoms. The third kappa shape index (κ3) is 5.83. The first-order chi connectivity index (χ1) is 10.1. The van der Waals surface area contributed by atoms with E-state index in [-0.39, 0.29) is 17.6 Å². The molecule has 0 aliphatic heterocycles. The quantitative estimate of drug-likeness (QED) is 0.462. The van der Waals surface area contributed by atoms with Gasteiger partial charge in [0.15, 0.2) is 17.5 Å². The first kappa shape index (κ1) is 17.6. The third-order valence-corrected chi connectivity index (χ3v) is 3.77. The molecule has 1 atom stereocenters. The van der Waals surface area contributed by atoms with Crippen LogP contribution in [0.3, 0.4) is 0 Å². The molecule has 1 unspecified atom stereocenters. The highest BCUT2D eigenvalue weighted by molar-refractivity contribution is 7.98. The highest BCUT2D eigenvalue weighted by atomic mass is 32.2. The van der Waals surface area contributed by atoms with Crippen LogP contribution in [0.4, 0.5) is 4.39 Å². The highest BCUT2D eigenvalue weighted by Gasteiger charge is 2.11. The molecule has 0 aliphatic rings. The van der Waals surface area contributed by atoms with Crippen molar-refractivity contribution in [2.75, 3.05) is 32.7 Å². The molecule has 0 saturated carbocycles. The number of halogens is 1. The monoisotopic (exact) mass is 313 g/mol. The molecular weight excluding hydrogens is 289 g/mol. The zero-order valence-corrected chi connectivity index (χ0v) is 13.9. The van der Waals surface area contributed by atoms with Crippen LogP contribution in [0.25, 0.3) is 0 Å². The second-order valence-electron chi connectivity index (χ2n) is 4.61. The van der Waals surface area contributed by atoms with E-state index >= 15 is 0 Å². The number of thioether (sulfide) groups is 1. The van der Waals surface area contributed by atoms with Gasteiger partial charge in [0.05, 0.1) is 13.2 Å². The number of hydrogen-bond acceptors (Lipinski definition) is 3. The van der Waals surface area contributed by atoms with E-state index in [1.807, 2.05) is 24.8 Å². The van der Waals surface area contributed by atoms with E-state index in [1.165, 1.54) is 13.2 Å². The van der Waals surface area contributed by atoms with E-state index in [9.17, 15) is 4.39 Å². The van der Waals surface area contributed by atoms with Gasteiger partial charge in [-0.15, -0.1) is 0 Å². The van der Waals surface area contributed by atoms with Crippen LogP contribution >= 0.6 is 11.8 Å². The molecule has 118 valence electrons. The summed E-state index contributed by atoms with van der Waals surface area (Å²) >= 11 is 1.82. The Bertz CT molecular complexity index is 468. The van der Waals surface area contributed by atoms with Gasteiger partial charge in [0.25, 0.3) is 0 Å². The molecule has 1 aromatic rings. The summed E-state index contributed by atoms with van der Waals surface area (Å²) in [5.41, 5.74) is 0.848. The average molecular weight is 313 g/mol. The van der Waals surface area contributed by atoms with Crippen molar-refractivity contribution in [2.24, 2.45) is 4.99 Å². The molecule has 0 bridgehead atoms. The minimum Gasteiger partial charge on any atom is -0.494 e. The van der Waals surface area contributed by atoms with Gasteiger partial charge in [-0.2, -0.15) is 11.8 Å². The lowest BCUT2D eigenvalue weighted by molar-refractivity contribution is 0.386. The number of nitrogens with one attached hydrogen (secondary N) is 2. The lowest BCUT2D eigenvalue weighted by Crippen LogP contribution is -2.39. The molecule has 0 amide bonds. The summed E-state index contributed by atoms with van der Waals surface area (Å²) in [5.74, 6) is 1.74. The summed E-state index contributed by atoms with van der Waals surface area (Å²) in [6.45, 7) is 2.83. The fourth-order valence-corrected chi connectivity index (χ4v) is 2.29. The number of methoxy groups -OCH3 is 1. The molecule has 21 heavy (non-hydrogen) atoms.